The van der Waals surface area contributed by atoms with Crippen LogP contribution in [0.2, 0.25) is 0 Å². The molecule has 2 aliphatic rings. The number of methoxy groups -OCH3 is 1. The van der Waals surface area contributed by atoms with Crippen molar-refractivity contribution >= 4 is 5.97 Å². The molecule has 0 N–H and O–H groups in total. The molecule has 2 heterocycles. The lowest BCUT2D eigenvalue weighted by Gasteiger charge is -2.21. The summed E-state index contributed by atoms with van der Waals surface area (Å²) in [6.07, 6.45) is -1.73. The van der Waals surface area contributed by atoms with Gasteiger partial charge in [0, 0.05) is 28.7 Å². The highest BCUT2D eigenvalue weighted by Gasteiger charge is 2.40. The lowest BCUT2D eigenvalue weighted by Crippen LogP contribution is -2.12. The van der Waals surface area contributed by atoms with E-state index in [-0.39, 0.29) is 41.4 Å². The van der Waals surface area contributed by atoms with Gasteiger partial charge < -0.3 is 14.2 Å². The summed E-state index contributed by atoms with van der Waals surface area (Å²) >= 11 is 0. The van der Waals surface area contributed by atoms with Gasteiger partial charge in [0.1, 0.15) is 23.4 Å². The minimum Gasteiger partial charge on any atom is -0.492 e. The van der Waals surface area contributed by atoms with Crippen LogP contribution < -0.4 is 9.47 Å². The van der Waals surface area contributed by atoms with Crippen molar-refractivity contribution in [1.29, 1.82) is 0 Å². The molecule has 0 radical (unpaired) electrons. The minimum atomic E-state index is -4.75. The molecule has 3 aromatic carbocycles. The average molecular weight is 565 g/mol. The van der Waals surface area contributed by atoms with Crippen LogP contribution in [0, 0.1) is 5.82 Å². The fraction of sp³-hybridized carbons (Fsp3) is 0.258. The van der Waals surface area contributed by atoms with Crippen molar-refractivity contribution in [3.63, 3.8) is 0 Å². The van der Waals surface area contributed by atoms with Gasteiger partial charge >= 0.3 is 12.1 Å². The molecule has 4 aromatic rings. The van der Waals surface area contributed by atoms with Crippen LogP contribution >= 0.6 is 0 Å². The fourth-order valence-corrected chi connectivity index (χ4v) is 5.66. The van der Waals surface area contributed by atoms with Crippen molar-refractivity contribution < 1.29 is 36.6 Å². The quantitative estimate of drug-likeness (QED) is 0.184. The largest absolute Gasteiger partial charge is 0.492 e. The number of hydrogen-bond acceptors (Lipinski definition) is 6. The second-order valence-corrected chi connectivity index (χ2v) is 10.0. The number of hydrogen-bond donors (Lipinski definition) is 0. The van der Waals surface area contributed by atoms with Gasteiger partial charge in [0.25, 0.3) is 0 Å². The molecule has 0 saturated heterocycles. The van der Waals surface area contributed by atoms with Gasteiger partial charge in [0.15, 0.2) is 0 Å². The lowest BCUT2D eigenvalue weighted by atomic mass is 9.90. The molecule has 10 heteroatoms. The molecule has 0 amide bonds. The fourth-order valence-electron chi connectivity index (χ4n) is 5.66. The highest BCUT2D eigenvalue weighted by atomic mass is 19.4. The SMILES string of the molecule is COC(=O)C[C@@H]1COc2cc(OC3CCc4c(-c5ccc(-c6ccnnc6)cc5)c(C(F)(F)F)cc(F)c43)ccc21. The minimum absolute atomic E-state index is 0.0395. The van der Waals surface area contributed by atoms with Crippen LogP contribution in [0.3, 0.4) is 0 Å². The summed E-state index contributed by atoms with van der Waals surface area (Å²) < 4.78 is 74.5. The first kappa shape index (κ1) is 26.7. The van der Waals surface area contributed by atoms with Gasteiger partial charge in [-0.1, -0.05) is 30.3 Å². The summed E-state index contributed by atoms with van der Waals surface area (Å²) in [5.74, 6) is -0.499. The Morgan fingerprint density at radius 3 is 2.51 bits per heavy atom. The molecule has 0 saturated carbocycles. The van der Waals surface area contributed by atoms with Crippen LogP contribution in [-0.4, -0.2) is 29.9 Å². The number of carbonyl (C=O) groups excluding carboxylic acids is 1. The first-order valence-corrected chi connectivity index (χ1v) is 13.0. The van der Waals surface area contributed by atoms with E-state index >= 15 is 4.39 Å². The summed E-state index contributed by atoms with van der Waals surface area (Å²) in [7, 11) is 1.33. The van der Waals surface area contributed by atoms with Gasteiger partial charge in [0.05, 0.1) is 38.1 Å². The van der Waals surface area contributed by atoms with Crippen LogP contribution in [0.1, 0.15) is 47.1 Å². The highest BCUT2D eigenvalue weighted by molar-refractivity contribution is 5.77. The molecule has 1 aromatic heterocycles. The van der Waals surface area contributed by atoms with E-state index < -0.39 is 23.7 Å². The molecular formula is C31H24F4N2O4. The third kappa shape index (κ3) is 5.10. The number of benzene rings is 3. The van der Waals surface area contributed by atoms with Crippen LogP contribution in [0.15, 0.2) is 67.0 Å². The molecule has 6 rings (SSSR count). The van der Waals surface area contributed by atoms with E-state index in [1.165, 1.54) is 13.3 Å². The Balaban J connectivity index is 1.33. The van der Waals surface area contributed by atoms with E-state index in [1.54, 1.807) is 54.7 Å². The Morgan fingerprint density at radius 1 is 1.02 bits per heavy atom. The molecule has 1 aliphatic carbocycles. The molecular weight excluding hydrogens is 540 g/mol. The zero-order chi connectivity index (χ0) is 28.7. The Kier molecular flexibility index (Phi) is 6.84. The topological polar surface area (TPSA) is 70.5 Å². The van der Waals surface area contributed by atoms with Crippen LogP contribution in [0.4, 0.5) is 17.6 Å². The maximum Gasteiger partial charge on any atom is 0.417 e. The summed E-state index contributed by atoms with van der Waals surface area (Å²) in [5, 5.41) is 7.59. The summed E-state index contributed by atoms with van der Waals surface area (Å²) in [4.78, 5) is 11.7. The third-order valence-corrected chi connectivity index (χ3v) is 7.58. The van der Waals surface area contributed by atoms with Gasteiger partial charge in [-0.2, -0.15) is 23.4 Å². The van der Waals surface area contributed by atoms with Crippen molar-refractivity contribution in [1.82, 2.24) is 10.2 Å². The number of halogens is 4. The normalized spacial score (nSPS) is 17.5. The van der Waals surface area contributed by atoms with Crippen molar-refractivity contribution in [2.24, 2.45) is 0 Å². The van der Waals surface area contributed by atoms with Crippen LogP contribution in [-0.2, 0) is 22.1 Å². The molecule has 6 nitrogen and oxygen atoms in total. The van der Waals surface area contributed by atoms with E-state index in [0.29, 0.717) is 36.2 Å². The van der Waals surface area contributed by atoms with E-state index in [9.17, 15) is 18.0 Å². The van der Waals surface area contributed by atoms with Gasteiger partial charge in [-0.25, -0.2) is 4.39 Å². The number of fused-ring (bicyclic) bond motifs is 2. The Hall–Kier alpha value is -4.47. The third-order valence-electron chi connectivity index (χ3n) is 7.58. The maximum atomic E-state index is 15.4. The highest BCUT2D eigenvalue weighted by Crippen LogP contribution is 2.48. The van der Waals surface area contributed by atoms with E-state index in [0.717, 1.165) is 16.7 Å². The average Bonchev–Trinajstić information content (AvgIpc) is 3.57. The van der Waals surface area contributed by atoms with Gasteiger partial charge in [-0.3, -0.25) is 4.79 Å². The number of rotatable bonds is 6. The smallest absolute Gasteiger partial charge is 0.417 e. The van der Waals surface area contributed by atoms with Crippen LogP contribution in [0.5, 0.6) is 11.5 Å². The number of nitrogens with zero attached hydrogens (tertiary/aromatic N) is 2. The lowest BCUT2D eigenvalue weighted by molar-refractivity contribution is -0.141. The van der Waals surface area contributed by atoms with E-state index in [1.807, 2.05) is 0 Å². The molecule has 41 heavy (non-hydrogen) atoms. The van der Waals surface area contributed by atoms with Crippen molar-refractivity contribution in [3.05, 3.63) is 95.1 Å². The number of esters is 1. The van der Waals surface area contributed by atoms with Crippen molar-refractivity contribution in [3.8, 4) is 33.8 Å². The van der Waals surface area contributed by atoms with E-state index in [4.69, 9.17) is 14.2 Å². The number of alkyl halides is 3. The van der Waals surface area contributed by atoms with Gasteiger partial charge in [-0.05, 0) is 53.3 Å². The maximum absolute atomic E-state index is 15.4. The van der Waals surface area contributed by atoms with Crippen molar-refractivity contribution in [2.45, 2.75) is 37.5 Å². The Labute approximate surface area is 232 Å². The predicted octanol–water partition coefficient (Wildman–Crippen LogP) is 7.07. The van der Waals surface area contributed by atoms with Gasteiger partial charge in [-0.15, -0.1) is 0 Å². The van der Waals surface area contributed by atoms with Gasteiger partial charge in [0.2, 0.25) is 0 Å². The molecule has 1 unspecified atom stereocenters. The first-order chi connectivity index (χ1) is 19.7. The number of aromatic nitrogens is 2. The number of carbonyl (C=O) groups is 1. The van der Waals surface area contributed by atoms with Crippen molar-refractivity contribution in [2.75, 3.05) is 13.7 Å². The van der Waals surface area contributed by atoms with Crippen LogP contribution in [0.25, 0.3) is 22.3 Å². The predicted molar refractivity (Wildman–Crippen MR) is 141 cm³/mol. The molecule has 0 bridgehead atoms. The molecule has 0 spiro atoms. The van der Waals surface area contributed by atoms with E-state index in [2.05, 4.69) is 10.2 Å². The Bertz CT molecular complexity index is 1610. The second-order valence-electron chi connectivity index (χ2n) is 10.0. The number of ether oxygens (including phenoxy) is 3. The zero-order valence-electron chi connectivity index (χ0n) is 21.9. The second kappa shape index (κ2) is 10.5. The molecule has 210 valence electrons. The summed E-state index contributed by atoms with van der Waals surface area (Å²) in [6.45, 7) is 0.314. The zero-order valence-corrected chi connectivity index (χ0v) is 21.9. The molecule has 2 atom stereocenters. The Morgan fingerprint density at radius 2 is 1.80 bits per heavy atom. The standard InChI is InChI=1S/C31H24F4N2O4/c1-39-28(38)12-20-16-40-27-13-21(6-7-22(20)27)41-26-9-8-23-29(24(31(33,34)35)14-25(32)30(23)26)18-4-2-17(3-5-18)19-10-11-36-37-15-19/h2-7,10-11,13-15,20,26H,8-9,12,16H2,1H3/t20-,26?/m1/s1. The molecule has 1 aliphatic heterocycles. The summed E-state index contributed by atoms with van der Waals surface area (Å²) in [5.41, 5.74) is 2.07. The molecule has 0 fully saturated rings. The first-order valence-electron chi connectivity index (χ1n) is 13.0. The summed E-state index contributed by atoms with van der Waals surface area (Å²) in [6, 6.07) is 14.1. The monoisotopic (exact) mass is 564 g/mol.